The Labute approximate surface area is 140 Å². The lowest BCUT2D eigenvalue weighted by atomic mass is 9.95. The van der Waals surface area contributed by atoms with Crippen LogP contribution in [0.15, 0.2) is 30.6 Å². The maximum absolute atomic E-state index is 12.6. The fraction of sp³-hybridized carbons (Fsp3) is 0.412. The van der Waals surface area contributed by atoms with Crippen LogP contribution >= 0.6 is 0 Å². The quantitative estimate of drug-likeness (QED) is 0.889. The standard InChI is InChI=1S/C17H21N5O2/c1-2-19-16(23)13-5-9-22(10-6-13)17(24)15-11-14(20-21-15)12-3-7-18-8-4-12/h3-4,7-8,11,13H,2,5-6,9-10H2,1H3,(H,19,23)(H,20,21). The first-order valence-electron chi connectivity index (χ1n) is 8.22. The second-order valence-electron chi connectivity index (χ2n) is 5.86. The van der Waals surface area contributed by atoms with Crippen molar-refractivity contribution in [2.45, 2.75) is 19.8 Å². The van der Waals surface area contributed by atoms with Crippen LogP contribution in [0, 0.1) is 5.92 Å². The molecule has 1 saturated heterocycles. The molecule has 0 aliphatic carbocycles. The predicted molar refractivity (Wildman–Crippen MR) is 89.1 cm³/mol. The number of nitrogens with one attached hydrogen (secondary N) is 2. The van der Waals surface area contributed by atoms with E-state index in [-0.39, 0.29) is 17.7 Å². The molecule has 0 atom stereocenters. The van der Waals surface area contributed by atoms with Crippen molar-refractivity contribution in [3.8, 4) is 11.3 Å². The average molecular weight is 327 g/mol. The summed E-state index contributed by atoms with van der Waals surface area (Å²) in [5, 5.41) is 9.87. The third-order valence-corrected chi connectivity index (χ3v) is 4.29. The summed E-state index contributed by atoms with van der Waals surface area (Å²) in [7, 11) is 0. The molecule has 0 saturated carbocycles. The van der Waals surface area contributed by atoms with Crippen LogP contribution in [0.2, 0.25) is 0 Å². The van der Waals surface area contributed by atoms with Gasteiger partial charge in [0.1, 0.15) is 5.69 Å². The fourth-order valence-corrected chi connectivity index (χ4v) is 2.94. The van der Waals surface area contributed by atoms with Gasteiger partial charge in [-0.15, -0.1) is 0 Å². The van der Waals surface area contributed by atoms with Crippen molar-refractivity contribution in [1.29, 1.82) is 0 Å². The van der Waals surface area contributed by atoms with E-state index in [1.807, 2.05) is 19.1 Å². The van der Waals surface area contributed by atoms with Crippen LogP contribution in [0.3, 0.4) is 0 Å². The van der Waals surface area contributed by atoms with E-state index in [1.54, 1.807) is 23.4 Å². The number of rotatable bonds is 4. The highest BCUT2D eigenvalue weighted by atomic mass is 16.2. The number of piperidine rings is 1. The summed E-state index contributed by atoms with van der Waals surface area (Å²) in [6.07, 6.45) is 4.78. The van der Waals surface area contributed by atoms with Crippen molar-refractivity contribution in [3.63, 3.8) is 0 Å². The summed E-state index contributed by atoms with van der Waals surface area (Å²) in [6.45, 7) is 3.73. The highest BCUT2D eigenvalue weighted by molar-refractivity contribution is 5.93. The highest BCUT2D eigenvalue weighted by Gasteiger charge is 2.28. The fourth-order valence-electron chi connectivity index (χ4n) is 2.94. The van der Waals surface area contributed by atoms with Gasteiger partial charge in [-0.2, -0.15) is 5.10 Å². The predicted octanol–water partition coefficient (Wildman–Crippen LogP) is 1.46. The lowest BCUT2D eigenvalue weighted by Crippen LogP contribution is -2.43. The molecule has 2 amide bonds. The van der Waals surface area contributed by atoms with Crippen molar-refractivity contribution in [1.82, 2.24) is 25.4 Å². The molecule has 7 heteroatoms. The smallest absolute Gasteiger partial charge is 0.271 e. The molecule has 0 spiro atoms. The first kappa shape index (κ1) is 16.2. The van der Waals surface area contributed by atoms with E-state index in [2.05, 4.69) is 20.5 Å². The minimum Gasteiger partial charge on any atom is -0.356 e. The van der Waals surface area contributed by atoms with Crippen LogP contribution in [0.4, 0.5) is 0 Å². The molecule has 126 valence electrons. The van der Waals surface area contributed by atoms with Gasteiger partial charge in [-0.3, -0.25) is 19.7 Å². The Bertz CT molecular complexity index is 705. The zero-order valence-corrected chi connectivity index (χ0v) is 13.7. The third kappa shape index (κ3) is 3.45. The van der Waals surface area contributed by atoms with Crippen LogP contribution in [0.1, 0.15) is 30.3 Å². The van der Waals surface area contributed by atoms with Gasteiger partial charge < -0.3 is 10.2 Å². The number of aromatic amines is 1. The molecule has 1 aliphatic rings. The number of H-pyrrole nitrogens is 1. The van der Waals surface area contributed by atoms with Crippen LogP contribution in [-0.4, -0.2) is 51.5 Å². The molecule has 2 N–H and O–H groups in total. The third-order valence-electron chi connectivity index (χ3n) is 4.29. The molecule has 7 nitrogen and oxygen atoms in total. The molecule has 3 rings (SSSR count). The number of carbonyl (C=O) groups is 2. The number of carbonyl (C=O) groups excluding carboxylic acids is 2. The van der Waals surface area contributed by atoms with Gasteiger partial charge in [0.25, 0.3) is 5.91 Å². The van der Waals surface area contributed by atoms with E-state index in [0.717, 1.165) is 11.3 Å². The summed E-state index contributed by atoms with van der Waals surface area (Å²) in [6, 6.07) is 5.46. The number of nitrogens with zero attached hydrogens (tertiary/aromatic N) is 3. The summed E-state index contributed by atoms with van der Waals surface area (Å²) in [5.41, 5.74) is 2.10. The Hall–Kier alpha value is -2.70. The molecule has 0 unspecified atom stereocenters. The van der Waals surface area contributed by atoms with Gasteiger partial charge in [-0.25, -0.2) is 0 Å². The topological polar surface area (TPSA) is 91.0 Å². The molecule has 2 aromatic heterocycles. The first-order chi connectivity index (χ1) is 11.7. The molecule has 0 bridgehead atoms. The minimum absolute atomic E-state index is 0.00291. The Balaban J connectivity index is 1.62. The van der Waals surface area contributed by atoms with Crippen molar-refractivity contribution in [2.24, 2.45) is 5.92 Å². The minimum atomic E-state index is -0.0721. The van der Waals surface area contributed by atoms with Gasteiger partial charge in [-0.1, -0.05) is 0 Å². The normalized spacial score (nSPS) is 15.3. The van der Waals surface area contributed by atoms with Crippen LogP contribution in [-0.2, 0) is 4.79 Å². The van der Waals surface area contributed by atoms with Crippen molar-refractivity contribution in [2.75, 3.05) is 19.6 Å². The van der Waals surface area contributed by atoms with Crippen molar-refractivity contribution >= 4 is 11.8 Å². The van der Waals surface area contributed by atoms with E-state index >= 15 is 0 Å². The molecular weight excluding hydrogens is 306 g/mol. The largest absolute Gasteiger partial charge is 0.356 e. The van der Waals surface area contributed by atoms with E-state index < -0.39 is 0 Å². The van der Waals surface area contributed by atoms with Crippen molar-refractivity contribution < 1.29 is 9.59 Å². The number of amides is 2. The summed E-state index contributed by atoms with van der Waals surface area (Å²) in [5.74, 6) is 0.0198. The lowest BCUT2D eigenvalue weighted by Gasteiger charge is -2.30. The van der Waals surface area contributed by atoms with Gasteiger partial charge >= 0.3 is 0 Å². The highest BCUT2D eigenvalue weighted by Crippen LogP contribution is 2.21. The lowest BCUT2D eigenvalue weighted by molar-refractivity contribution is -0.126. The molecule has 1 fully saturated rings. The molecule has 0 aromatic carbocycles. The number of hydrogen-bond acceptors (Lipinski definition) is 4. The Morgan fingerprint density at radius 2 is 2.00 bits per heavy atom. The monoisotopic (exact) mass is 327 g/mol. The van der Waals surface area contributed by atoms with Gasteiger partial charge in [-0.05, 0) is 38.0 Å². The summed E-state index contributed by atoms with van der Waals surface area (Å²) >= 11 is 0. The number of likely N-dealkylation sites (tertiary alicyclic amines) is 1. The Morgan fingerprint density at radius 1 is 1.29 bits per heavy atom. The van der Waals surface area contributed by atoms with Crippen LogP contribution in [0.5, 0.6) is 0 Å². The van der Waals surface area contributed by atoms with E-state index in [4.69, 9.17) is 0 Å². The Morgan fingerprint density at radius 3 is 2.67 bits per heavy atom. The van der Waals surface area contributed by atoms with Crippen LogP contribution in [0.25, 0.3) is 11.3 Å². The SMILES string of the molecule is CCNC(=O)C1CCN(C(=O)c2cc(-c3ccncc3)n[nH]2)CC1. The van der Waals surface area contributed by atoms with Crippen LogP contribution < -0.4 is 5.32 Å². The molecular formula is C17H21N5O2. The molecule has 24 heavy (non-hydrogen) atoms. The molecule has 1 aliphatic heterocycles. The molecule has 3 heterocycles. The molecule has 0 radical (unpaired) electrons. The van der Waals surface area contributed by atoms with E-state index in [0.29, 0.717) is 38.2 Å². The van der Waals surface area contributed by atoms with E-state index in [9.17, 15) is 9.59 Å². The second kappa shape index (κ2) is 7.25. The Kier molecular flexibility index (Phi) is 4.88. The number of hydrogen-bond donors (Lipinski definition) is 2. The van der Waals surface area contributed by atoms with E-state index in [1.165, 1.54) is 0 Å². The van der Waals surface area contributed by atoms with Gasteiger partial charge in [0.05, 0.1) is 5.69 Å². The van der Waals surface area contributed by atoms with Gasteiger partial charge in [0, 0.05) is 43.5 Å². The first-order valence-corrected chi connectivity index (χ1v) is 8.22. The zero-order chi connectivity index (χ0) is 16.9. The number of aromatic nitrogens is 3. The summed E-state index contributed by atoms with van der Waals surface area (Å²) in [4.78, 5) is 30.2. The maximum Gasteiger partial charge on any atom is 0.271 e. The van der Waals surface area contributed by atoms with Gasteiger partial charge in [0.15, 0.2) is 0 Å². The zero-order valence-electron chi connectivity index (χ0n) is 13.7. The molecule has 2 aromatic rings. The van der Waals surface area contributed by atoms with Crippen molar-refractivity contribution in [3.05, 3.63) is 36.3 Å². The summed E-state index contributed by atoms with van der Waals surface area (Å²) < 4.78 is 0. The van der Waals surface area contributed by atoms with Gasteiger partial charge in [0.2, 0.25) is 5.91 Å². The second-order valence-corrected chi connectivity index (χ2v) is 5.86. The maximum atomic E-state index is 12.6. The number of pyridine rings is 1. The average Bonchev–Trinajstić information content (AvgIpc) is 3.12.